The molecule has 0 radical (unpaired) electrons. The van der Waals surface area contributed by atoms with Gasteiger partial charge in [-0.25, -0.2) is 0 Å². The van der Waals surface area contributed by atoms with Gasteiger partial charge in [0.15, 0.2) is 0 Å². The SMILES string of the molecule is Cc1ccc2c3ccccc3n(-c3ccccc3-c3cccc4c3c3ccccc3n4-c3ccccc3)c2c1. The van der Waals surface area contributed by atoms with E-state index in [1.807, 2.05) is 0 Å². The second-order valence-electron chi connectivity index (χ2n) is 10.3. The minimum atomic E-state index is 1.17. The summed E-state index contributed by atoms with van der Waals surface area (Å²) in [4.78, 5) is 0. The first-order chi connectivity index (χ1) is 19.3. The minimum absolute atomic E-state index is 1.17. The molecule has 0 aliphatic rings. The molecule has 2 aromatic heterocycles. The van der Waals surface area contributed by atoms with Crippen LogP contribution < -0.4 is 0 Å². The Balaban J connectivity index is 1.50. The number of hydrogen-bond acceptors (Lipinski definition) is 0. The maximum absolute atomic E-state index is 2.45. The summed E-state index contributed by atoms with van der Waals surface area (Å²) in [5.41, 5.74) is 11.0. The van der Waals surface area contributed by atoms with Crippen molar-refractivity contribution in [3.8, 4) is 22.5 Å². The summed E-state index contributed by atoms with van der Waals surface area (Å²) < 4.78 is 4.84. The highest BCUT2D eigenvalue weighted by Gasteiger charge is 2.19. The molecule has 0 saturated heterocycles. The molecule has 0 bridgehead atoms. The van der Waals surface area contributed by atoms with Crippen LogP contribution in [0.25, 0.3) is 66.1 Å². The fourth-order valence-electron chi connectivity index (χ4n) is 6.34. The Morgan fingerprint density at radius 3 is 1.87 bits per heavy atom. The fourth-order valence-corrected chi connectivity index (χ4v) is 6.34. The van der Waals surface area contributed by atoms with Crippen molar-refractivity contribution in [1.82, 2.24) is 9.13 Å². The Bertz CT molecular complexity index is 2180. The smallest absolute Gasteiger partial charge is 0.0547 e. The first kappa shape index (κ1) is 22.0. The Kier molecular flexibility index (Phi) is 4.77. The van der Waals surface area contributed by atoms with Gasteiger partial charge in [0, 0.05) is 32.8 Å². The van der Waals surface area contributed by atoms with Gasteiger partial charge in [-0.2, -0.15) is 0 Å². The molecular formula is C37H26N2. The highest BCUT2D eigenvalue weighted by molar-refractivity contribution is 6.17. The number of benzene rings is 6. The third-order valence-corrected chi connectivity index (χ3v) is 7.98. The molecular weight excluding hydrogens is 472 g/mol. The average molecular weight is 499 g/mol. The van der Waals surface area contributed by atoms with Gasteiger partial charge in [0.1, 0.15) is 0 Å². The van der Waals surface area contributed by atoms with Gasteiger partial charge < -0.3 is 9.13 Å². The number of nitrogens with zero attached hydrogens (tertiary/aromatic N) is 2. The van der Waals surface area contributed by atoms with Gasteiger partial charge in [0.2, 0.25) is 0 Å². The van der Waals surface area contributed by atoms with Gasteiger partial charge in [-0.3, -0.25) is 0 Å². The average Bonchev–Trinajstić information content (AvgIpc) is 3.50. The third-order valence-electron chi connectivity index (χ3n) is 7.98. The first-order valence-corrected chi connectivity index (χ1v) is 13.5. The van der Waals surface area contributed by atoms with Gasteiger partial charge >= 0.3 is 0 Å². The van der Waals surface area contributed by atoms with Crippen molar-refractivity contribution in [2.45, 2.75) is 6.92 Å². The largest absolute Gasteiger partial charge is 0.309 e. The van der Waals surface area contributed by atoms with Crippen LogP contribution in [0.15, 0.2) is 140 Å². The van der Waals surface area contributed by atoms with E-state index in [1.54, 1.807) is 0 Å². The van der Waals surface area contributed by atoms with E-state index in [2.05, 4.69) is 156 Å². The standard InChI is InChI=1S/C37H26N2/c1-25-22-23-29-27-14-5-8-18-32(27)39(36(29)24-25)33-19-9-6-15-28(33)30-17-11-21-35-37(30)31-16-7-10-20-34(31)38(35)26-12-3-2-4-13-26/h2-24H,1H3. The van der Waals surface area contributed by atoms with Crippen molar-refractivity contribution in [3.05, 3.63) is 145 Å². The van der Waals surface area contributed by atoms with Crippen molar-refractivity contribution in [3.63, 3.8) is 0 Å². The molecule has 8 rings (SSSR count). The lowest BCUT2D eigenvalue weighted by Crippen LogP contribution is -1.98. The Morgan fingerprint density at radius 2 is 1.03 bits per heavy atom. The zero-order chi connectivity index (χ0) is 25.9. The van der Waals surface area contributed by atoms with E-state index < -0.39 is 0 Å². The molecule has 6 aromatic carbocycles. The van der Waals surface area contributed by atoms with Gasteiger partial charge in [0.25, 0.3) is 0 Å². The number of aromatic nitrogens is 2. The third kappa shape index (κ3) is 3.22. The van der Waals surface area contributed by atoms with E-state index in [0.29, 0.717) is 0 Å². The van der Waals surface area contributed by atoms with Crippen LogP contribution >= 0.6 is 0 Å². The summed E-state index contributed by atoms with van der Waals surface area (Å²) in [6.07, 6.45) is 0. The van der Waals surface area contributed by atoms with Crippen molar-refractivity contribution in [2.24, 2.45) is 0 Å². The van der Waals surface area contributed by atoms with E-state index in [-0.39, 0.29) is 0 Å². The molecule has 8 aromatic rings. The van der Waals surface area contributed by atoms with Crippen LogP contribution in [0.4, 0.5) is 0 Å². The number of aryl methyl sites for hydroxylation is 1. The highest BCUT2D eigenvalue weighted by Crippen LogP contribution is 2.42. The maximum atomic E-state index is 2.45. The van der Waals surface area contributed by atoms with Crippen LogP contribution in [0.3, 0.4) is 0 Å². The Hall–Kier alpha value is -5.08. The molecule has 0 fully saturated rings. The van der Waals surface area contributed by atoms with E-state index in [4.69, 9.17) is 0 Å². The summed E-state index contributed by atoms with van der Waals surface area (Å²) >= 11 is 0. The summed E-state index contributed by atoms with van der Waals surface area (Å²) in [6, 6.07) is 50.6. The second-order valence-corrected chi connectivity index (χ2v) is 10.3. The lowest BCUT2D eigenvalue weighted by Gasteiger charge is -2.15. The number of rotatable bonds is 3. The van der Waals surface area contributed by atoms with E-state index >= 15 is 0 Å². The predicted octanol–water partition coefficient (Wildman–Crippen LogP) is 9.86. The molecule has 0 spiro atoms. The summed E-state index contributed by atoms with van der Waals surface area (Å²) in [7, 11) is 0. The van der Waals surface area contributed by atoms with Gasteiger partial charge in [-0.1, -0.05) is 97.1 Å². The zero-order valence-corrected chi connectivity index (χ0v) is 21.7. The van der Waals surface area contributed by atoms with Crippen LogP contribution in [0.5, 0.6) is 0 Å². The molecule has 0 aliphatic heterocycles. The molecule has 2 heterocycles. The molecule has 0 N–H and O–H groups in total. The number of fused-ring (bicyclic) bond motifs is 6. The quantitative estimate of drug-likeness (QED) is 0.229. The number of para-hydroxylation sites is 4. The van der Waals surface area contributed by atoms with Crippen LogP contribution in [0.1, 0.15) is 5.56 Å². The van der Waals surface area contributed by atoms with Crippen molar-refractivity contribution >= 4 is 43.6 Å². The lowest BCUT2D eigenvalue weighted by molar-refractivity contribution is 1.18. The predicted molar refractivity (Wildman–Crippen MR) is 165 cm³/mol. The molecule has 0 amide bonds. The van der Waals surface area contributed by atoms with Crippen LogP contribution in [-0.4, -0.2) is 9.13 Å². The summed E-state index contributed by atoms with van der Waals surface area (Å²) in [6.45, 7) is 2.17. The molecule has 2 nitrogen and oxygen atoms in total. The maximum Gasteiger partial charge on any atom is 0.0547 e. The highest BCUT2D eigenvalue weighted by atomic mass is 15.0. The van der Waals surface area contributed by atoms with Gasteiger partial charge in [0.05, 0.1) is 27.8 Å². The van der Waals surface area contributed by atoms with Crippen LogP contribution in [0.2, 0.25) is 0 Å². The Labute approximate surface area is 227 Å². The van der Waals surface area contributed by atoms with Crippen molar-refractivity contribution in [1.29, 1.82) is 0 Å². The normalized spacial score (nSPS) is 11.7. The minimum Gasteiger partial charge on any atom is -0.309 e. The summed E-state index contributed by atoms with van der Waals surface area (Å²) in [5, 5.41) is 5.10. The second kappa shape index (κ2) is 8.47. The summed E-state index contributed by atoms with van der Waals surface area (Å²) in [5.74, 6) is 0. The van der Waals surface area contributed by atoms with E-state index in [9.17, 15) is 0 Å². The molecule has 0 unspecified atom stereocenters. The molecule has 0 atom stereocenters. The van der Waals surface area contributed by atoms with Crippen molar-refractivity contribution in [2.75, 3.05) is 0 Å². The Morgan fingerprint density at radius 1 is 0.410 bits per heavy atom. The number of hydrogen-bond donors (Lipinski definition) is 0. The first-order valence-electron chi connectivity index (χ1n) is 13.5. The molecule has 0 aliphatic carbocycles. The monoisotopic (exact) mass is 498 g/mol. The molecule has 0 saturated carbocycles. The van der Waals surface area contributed by atoms with E-state index in [0.717, 1.165) is 0 Å². The molecule has 2 heteroatoms. The van der Waals surface area contributed by atoms with Gasteiger partial charge in [-0.05, 0) is 60.5 Å². The topological polar surface area (TPSA) is 9.86 Å². The molecule has 39 heavy (non-hydrogen) atoms. The van der Waals surface area contributed by atoms with E-state index in [1.165, 1.54) is 71.7 Å². The van der Waals surface area contributed by atoms with Crippen molar-refractivity contribution < 1.29 is 0 Å². The van der Waals surface area contributed by atoms with Crippen LogP contribution in [-0.2, 0) is 0 Å². The molecule has 184 valence electrons. The van der Waals surface area contributed by atoms with Gasteiger partial charge in [-0.15, -0.1) is 0 Å². The zero-order valence-electron chi connectivity index (χ0n) is 21.7. The van der Waals surface area contributed by atoms with Crippen LogP contribution in [0, 0.1) is 6.92 Å². The lowest BCUT2D eigenvalue weighted by atomic mass is 9.97. The fraction of sp³-hybridized carbons (Fsp3) is 0.0270.